The van der Waals surface area contributed by atoms with E-state index in [0.717, 1.165) is 4.31 Å². The first-order valence-corrected chi connectivity index (χ1v) is 12.2. The molecule has 3 rings (SSSR count). The van der Waals surface area contributed by atoms with Gasteiger partial charge in [0.2, 0.25) is 15.9 Å². The van der Waals surface area contributed by atoms with Gasteiger partial charge in [0, 0.05) is 5.02 Å². The lowest BCUT2D eigenvalue weighted by Crippen LogP contribution is -2.33. The highest BCUT2D eigenvalue weighted by molar-refractivity contribution is 7.94. The Kier molecular flexibility index (Phi) is 5.21. The number of halogens is 1. The minimum atomic E-state index is -3.95. The van der Waals surface area contributed by atoms with Crippen LogP contribution in [0.25, 0.3) is 0 Å². The van der Waals surface area contributed by atoms with Gasteiger partial charge in [0.1, 0.15) is 0 Å². The molecule has 1 fully saturated rings. The summed E-state index contributed by atoms with van der Waals surface area (Å²) >= 11 is 5.95. The molecule has 0 atom stereocenters. The van der Waals surface area contributed by atoms with Crippen LogP contribution in [0.2, 0.25) is 5.02 Å². The van der Waals surface area contributed by atoms with Gasteiger partial charge in [-0.2, -0.15) is 0 Å². The van der Waals surface area contributed by atoms with E-state index in [1.165, 1.54) is 24.3 Å². The Labute approximate surface area is 175 Å². The molecule has 2 aromatic rings. The average molecular weight is 457 g/mol. The van der Waals surface area contributed by atoms with Gasteiger partial charge in [-0.05, 0) is 69.2 Å². The number of sulfonamides is 2. The van der Waals surface area contributed by atoms with E-state index in [9.17, 15) is 21.6 Å². The van der Waals surface area contributed by atoms with Gasteiger partial charge in [0.15, 0.2) is 0 Å². The van der Waals surface area contributed by atoms with Crippen LogP contribution >= 0.6 is 11.6 Å². The Balaban J connectivity index is 2.00. The summed E-state index contributed by atoms with van der Waals surface area (Å²) in [6.45, 7) is 6.42. The number of benzene rings is 2. The van der Waals surface area contributed by atoms with E-state index in [-0.39, 0.29) is 16.3 Å². The van der Waals surface area contributed by atoms with Gasteiger partial charge in [-0.1, -0.05) is 17.7 Å². The van der Waals surface area contributed by atoms with Crippen LogP contribution < -0.4 is 9.03 Å². The highest BCUT2D eigenvalue weighted by Gasteiger charge is 2.50. The zero-order valence-electron chi connectivity index (χ0n) is 16.4. The molecular formula is C19H21ClN2O5S2. The van der Waals surface area contributed by atoms with Crippen LogP contribution in [-0.4, -0.2) is 28.5 Å². The molecule has 0 bridgehead atoms. The number of rotatable bonds is 4. The second kappa shape index (κ2) is 7.00. The van der Waals surface area contributed by atoms with Crippen LogP contribution in [0.15, 0.2) is 41.3 Å². The first-order valence-electron chi connectivity index (χ1n) is 8.72. The molecule has 0 radical (unpaired) electrons. The molecule has 1 aliphatic rings. The second-order valence-electron chi connectivity index (χ2n) is 7.72. The lowest BCUT2D eigenvalue weighted by molar-refractivity contribution is -0.123. The third kappa shape index (κ3) is 3.99. The van der Waals surface area contributed by atoms with Gasteiger partial charge in [-0.25, -0.2) is 21.1 Å². The summed E-state index contributed by atoms with van der Waals surface area (Å²) < 4.78 is 53.9. The maximum absolute atomic E-state index is 12.9. The van der Waals surface area contributed by atoms with Gasteiger partial charge in [0.25, 0.3) is 10.0 Å². The van der Waals surface area contributed by atoms with E-state index in [1.54, 1.807) is 39.8 Å². The molecule has 10 heteroatoms. The molecular weight excluding hydrogens is 436 g/mol. The summed E-state index contributed by atoms with van der Waals surface area (Å²) in [5.41, 5.74) is 0.435. The molecule has 1 heterocycles. The maximum atomic E-state index is 12.9. The summed E-state index contributed by atoms with van der Waals surface area (Å²) in [6, 6.07) is 8.86. The molecule has 1 amide bonds. The number of carbonyl (C=O) groups is 1. The third-order valence-electron chi connectivity index (χ3n) is 4.71. The van der Waals surface area contributed by atoms with Gasteiger partial charge in [-0.3, -0.25) is 9.52 Å². The van der Waals surface area contributed by atoms with Crippen molar-refractivity contribution in [3.63, 3.8) is 0 Å². The monoisotopic (exact) mass is 456 g/mol. The number of anilines is 2. The minimum Gasteiger partial charge on any atom is -0.279 e. The number of nitrogens with zero attached hydrogens (tertiary/aromatic N) is 1. The average Bonchev–Trinajstić information content (AvgIpc) is 2.73. The third-order valence-corrected chi connectivity index (χ3v) is 8.49. The quantitative estimate of drug-likeness (QED) is 0.759. The Bertz CT molecular complexity index is 1220. The van der Waals surface area contributed by atoms with Crippen molar-refractivity contribution in [2.75, 3.05) is 14.8 Å². The lowest BCUT2D eigenvalue weighted by atomic mass is 9.95. The number of aryl methyl sites for hydroxylation is 2. The molecule has 1 N–H and O–H groups in total. The molecule has 1 aliphatic heterocycles. The zero-order valence-corrected chi connectivity index (χ0v) is 18.7. The minimum absolute atomic E-state index is 0.0241. The fourth-order valence-corrected chi connectivity index (χ4v) is 6.85. The van der Waals surface area contributed by atoms with Crippen molar-refractivity contribution in [2.24, 2.45) is 5.41 Å². The summed E-state index contributed by atoms with van der Waals surface area (Å²) in [6.07, 6.45) is 0. The van der Waals surface area contributed by atoms with Crippen LogP contribution in [0.1, 0.15) is 25.0 Å². The Morgan fingerprint density at radius 3 is 2.28 bits per heavy atom. The van der Waals surface area contributed by atoms with Crippen molar-refractivity contribution >= 4 is 48.9 Å². The van der Waals surface area contributed by atoms with Crippen molar-refractivity contribution in [3.05, 3.63) is 52.5 Å². The van der Waals surface area contributed by atoms with Crippen LogP contribution in [0, 0.1) is 19.3 Å². The van der Waals surface area contributed by atoms with Crippen molar-refractivity contribution < 1.29 is 21.6 Å². The topological polar surface area (TPSA) is 101 Å². The summed E-state index contributed by atoms with van der Waals surface area (Å²) in [5.74, 6) is -0.840. The van der Waals surface area contributed by atoms with Crippen molar-refractivity contribution in [2.45, 2.75) is 32.6 Å². The molecule has 0 unspecified atom stereocenters. The SMILES string of the molecule is Cc1ccc(Cl)cc1NS(=O)(=O)c1ccc(N2C(=O)C(C)(C)CS2(=O)=O)cc1C. The molecule has 0 saturated carbocycles. The Hall–Kier alpha value is -2.10. The molecule has 29 heavy (non-hydrogen) atoms. The van der Waals surface area contributed by atoms with Crippen molar-refractivity contribution in [1.29, 1.82) is 0 Å². The van der Waals surface area contributed by atoms with Gasteiger partial charge < -0.3 is 0 Å². The van der Waals surface area contributed by atoms with Crippen LogP contribution in [0.4, 0.5) is 11.4 Å². The summed E-state index contributed by atoms with van der Waals surface area (Å²) in [4.78, 5) is 12.5. The van der Waals surface area contributed by atoms with Gasteiger partial charge in [-0.15, -0.1) is 0 Å². The predicted molar refractivity (Wildman–Crippen MR) is 113 cm³/mol. The molecule has 1 saturated heterocycles. The number of carbonyl (C=O) groups excluding carboxylic acids is 1. The smallest absolute Gasteiger partial charge is 0.262 e. The fourth-order valence-electron chi connectivity index (χ4n) is 3.23. The predicted octanol–water partition coefficient (Wildman–Crippen LogP) is 3.46. The molecule has 7 nitrogen and oxygen atoms in total. The summed E-state index contributed by atoms with van der Waals surface area (Å²) in [7, 11) is -7.77. The van der Waals surface area contributed by atoms with E-state index >= 15 is 0 Å². The van der Waals surface area contributed by atoms with E-state index in [1.807, 2.05) is 0 Å². The first kappa shape index (κ1) is 21.6. The maximum Gasteiger partial charge on any atom is 0.262 e. The van der Waals surface area contributed by atoms with E-state index in [0.29, 0.717) is 21.8 Å². The second-order valence-corrected chi connectivity index (χ2v) is 11.6. The molecule has 0 aliphatic carbocycles. The molecule has 0 aromatic heterocycles. The summed E-state index contributed by atoms with van der Waals surface area (Å²) in [5, 5.41) is 0.390. The van der Waals surface area contributed by atoms with Crippen LogP contribution in [-0.2, 0) is 24.8 Å². The zero-order chi connectivity index (χ0) is 21.8. The number of amides is 1. The standard InChI is InChI=1S/C19H21ClN2O5S2/c1-12-5-6-14(20)10-16(12)21-29(26,27)17-8-7-15(9-13(17)2)22-18(23)19(3,4)11-28(22,24)25/h5-10,21H,11H2,1-4H3. The molecule has 156 valence electrons. The molecule has 0 spiro atoms. The highest BCUT2D eigenvalue weighted by Crippen LogP contribution is 2.37. The fraction of sp³-hybridized carbons (Fsp3) is 0.316. The highest BCUT2D eigenvalue weighted by atomic mass is 35.5. The number of hydrogen-bond acceptors (Lipinski definition) is 5. The van der Waals surface area contributed by atoms with Gasteiger partial charge in [0.05, 0.1) is 27.4 Å². The molecule has 2 aromatic carbocycles. The Morgan fingerprint density at radius 1 is 1.07 bits per heavy atom. The van der Waals surface area contributed by atoms with Crippen LogP contribution in [0.5, 0.6) is 0 Å². The normalized spacial score (nSPS) is 18.1. The van der Waals surface area contributed by atoms with Crippen LogP contribution in [0.3, 0.4) is 0 Å². The lowest BCUT2D eigenvalue weighted by Gasteiger charge is -2.19. The van der Waals surface area contributed by atoms with Crippen molar-refractivity contribution in [1.82, 2.24) is 0 Å². The largest absolute Gasteiger partial charge is 0.279 e. The van der Waals surface area contributed by atoms with Gasteiger partial charge >= 0.3 is 0 Å². The first-order chi connectivity index (χ1) is 13.2. The Morgan fingerprint density at radius 2 is 1.72 bits per heavy atom. The van der Waals surface area contributed by atoms with Crippen molar-refractivity contribution in [3.8, 4) is 0 Å². The number of nitrogens with one attached hydrogen (secondary N) is 1. The number of hydrogen-bond donors (Lipinski definition) is 1. The van der Waals surface area contributed by atoms with E-state index in [4.69, 9.17) is 11.6 Å². The van der Waals surface area contributed by atoms with E-state index < -0.39 is 31.4 Å². The van der Waals surface area contributed by atoms with E-state index in [2.05, 4.69) is 4.72 Å².